The summed E-state index contributed by atoms with van der Waals surface area (Å²) in [7, 11) is 4.12. The molecule has 2 rings (SSSR count). The number of piperidine rings is 1. The molecule has 20 heavy (non-hydrogen) atoms. The number of carbonyl (C=O) groups excluding carboxylic acids is 1. The number of phenolic OH excluding ortho intramolecular Hbond substituents is 2. The van der Waals surface area contributed by atoms with Crippen molar-refractivity contribution >= 4 is 5.91 Å². The van der Waals surface area contributed by atoms with E-state index in [0.717, 1.165) is 19.4 Å². The summed E-state index contributed by atoms with van der Waals surface area (Å²) in [6, 6.07) is 4.49. The van der Waals surface area contributed by atoms with E-state index in [2.05, 4.69) is 19.0 Å². The third kappa shape index (κ3) is 3.22. The SMILES string of the molecule is CN(C)CC1CCN(C(=O)c2cccc(O)c2O)CC1. The Labute approximate surface area is 119 Å². The lowest BCUT2D eigenvalue weighted by atomic mass is 9.96. The number of benzene rings is 1. The van der Waals surface area contributed by atoms with Crippen LogP contribution in [0.25, 0.3) is 0 Å². The lowest BCUT2D eigenvalue weighted by molar-refractivity contribution is 0.0674. The molecule has 1 saturated heterocycles. The lowest BCUT2D eigenvalue weighted by Crippen LogP contribution is -2.40. The predicted molar refractivity (Wildman–Crippen MR) is 77.0 cm³/mol. The summed E-state index contributed by atoms with van der Waals surface area (Å²) in [5.41, 5.74) is 0.177. The van der Waals surface area contributed by atoms with Crippen molar-refractivity contribution in [3.05, 3.63) is 23.8 Å². The fourth-order valence-corrected chi connectivity index (χ4v) is 2.71. The van der Waals surface area contributed by atoms with Crippen molar-refractivity contribution in [1.82, 2.24) is 9.80 Å². The quantitative estimate of drug-likeness (QED) is 0.823. The molecule has 110 valence electrons. The van der Waals surface area contributed by atoms with Crippen LogP contribution < -0.4 is 0 Å². The summed E-state index contributed by atoms with van der Waals surface area (Å²) in [6.45, 7) is 2.44. The van der Waals surface area contributed by atoms with Crippen molar-refractivity contribution in [3.8, 4) is 11.5 Å². The van der Waals surface area contributed by atoms with Crippen molar-refractivity contribution in [3.63, 3.8) is 0 Å². The van der Waals surface area contributed by atoms with Gasteiger partial charge in [-0.15, -0.1) is 0 Å². The van der Waals surface area contributed by atoms with Crippen LogP contribution in [0.3, 0.4) is 0 Å². The van der Waals surface area contributed by atoms with Gasteiger partial charge in [-0.05, 0) is 45.0 Å². The minimum Gasteiger partial charge on any atom is -0.504 e. The second-order valence-corrected chi connectivity index (χ2v) is 5.67. The molecule has 0 radical (unpaired) electrons. The molecule has 5 nitrogen and oxygen atoms in total. The molecule has 0 unspecified atom stereocenters. The third-order valence-electron chi connectivity index (χ3n) is 3.77. The molecule has 2 N–H and O–H groups in total. The van der Waals surface area contributed by atoms with E-state index in [9.17, 15) is 15.0 Å². The molecular weight excluding hydrogens is 256 g/mol. The number of rotatable bonds is 3. The predicted octanol–water partition coefficient (Wildman–Crippen LogP) is 1.51. The van der Waals surface area contributed by atoms with Gasteiger partial charge in [-0.3, -0.25) is 4.79 Å². The summed E-state index contributed by atoms with van der Waals surface area (Å²) in [5, 5.41) is 19.2. The van der Waals surface area contributed by atoms with Crippen LogP contribution >= 0.6 is 0 Å². The van der Waals surface area contributed by atoms with Gasteiger partial charge < -0.3 is 20.0 Å². The van der Waals surface area contributed by atoms with Crippen molar-refractivity contribution in [2.45, 2.75) is 12.8 Å². The first-order chi connectivity index (χ1) is 9.49. The highest BCUT2D eigenvalue weighted by molar-refractivity contribution is 5.97. The van der Waals surface area contributed by atoms with E-state index in [4.69, 9.17) is 0 Å². The smallest absolute Gasteiger partial charge is 0.257 e. The molecule has 0 spiro atoms. The topological polar surface area (TPSA) is 64.0 Å². The lowest BCUT2D eigenvalue weighted by Gasteiger charge is -2.33. The fraction of sp³-hybridized carbons (Fsp3) is 0.533. The van der Waals surface area contributed by atoms with Gasteiger partial charge in [0.25, 0.3) is 5.91 Å². The Kier molecular flexibility index (Phi) is 4.49. The first-order valence-electron chi connectivity index (χ1n) is 6.94. The number of nitrogens with zero attached hydrogens (tertiary/aromatic N) is 2. The molecule has 0 bridgehead atoms. The summed E-state index contributed by atoms with van der Waals surface area (Å²) >= 11 is 0. The Bertz CT molecular complexity index is 480. The van der Waals surface area contributed by atoms with Crippen LogP contribution in [0.15, 0.2) is 18.2 Å². The van der Waals surface area contributed by atoms with Crippen LogP contribution in [0.5, 0.6) is 11.5 Å². The van der Waals surface area contributed by atoms with E-state index >= 15 is 0 Å². The molecule has 1 aliphatic heterocycles. The minimum atomic E-state index is -0.326. The van der Waals surface area contributed by atoms with Gasteiger partial charge in [-0.1, -0.05) is 6.07 Å². The zero-order chi connectivity index (χ0) is 14.7. The highest BCUT2D eigenvalue weighted by Gasteiger charge is 2.25. The number of hydrogen-bond donors (Lipinski definition) is 2. The Balaban J connectivity index is 2.00. The molecule has 1 aromatic rings. The highest BCUT2D eigenvalue weighted by atomic mass is 16.3. The maximum Gasteiger partial charge on any atom is 0.257 e. The standard InChI is InChI=1S/C15H22N2O3/c1-16(2)10-11-6-8-17(9-7-11)15(20)12-4-3-5-13(18)14(12)19/h3-5,11,18-19H,6-10H2,1-2H3. The van der Waals surface area contributed by atoms with E-state index < -0.39 is 0 Å². The maximum absolute atomic E-state index is 12.3. The van der Waals surface area contributed by atoms with E-state index in [1.54, 1.807) is 17.0 Å². The van der Waals surface area contributed by atoms with Gasteiger partial charge in [-0.25, -0.2) is 0 Å². The van der Waals surface area contributed by atoms with Gasteiger partial charge in [0.1, 0.15) is 0 Å². The van der Waals surface area contributed by atoms with Crippen LogP contribution in [-0.2, 0) is 0 Å². The first kappa shape index (κ1) is 14.7. The molecule has 0 atom stereocenters. The highest BCUT2D eigenvalue weighted by Crippen LogP contribution is 2.30. The average Bonchev–Trinajstić information content (AvgIpc) is 2.41. The van der Waals surface area contributed by atoms with E-state index in [1.807, 2.05) is 0 Å². The monoisotopic (exact) mass is 278 g/mol. The molecule has 1 aliphatic rings. The van der Waals surface area contributed by atoms with Gasteiger partial charge in [0.2, 0.25) is 0 Å². The molecule has 1 amide bonds. The Hall–Kier alpha value is -1.75. The van der Waals surface area contributed by atoms with E-state index in [0.29, 0.717) is 19.0 Å². The Morgan fingerprint density at radius 1 is 1.30 bits per heavy atom. The molecule has 5 heteroatoms. The van der Waals surface area contributed by atoms with Crippen LogP contribution in [0, 0.1) is 5.92 Å². The van der Waals surface area contributed by atoms with Gasteiger partial charge in [-0.2, -0.15) is 0 Å². The van der Waals surface area contributed by atoms with Crippen LogP contribution in [-0.4, -0.2) is 59.6 Å². The Morgan fingerprint density at radius 3 is 2.55 bits per heavy atom. The first-order valence-corrected chi connectivity index (χ1v) is 6.94. The number of aromatic hydroxyl groups is 2. The molecule has 0 saturated carbocycles. The van der Waals surface area contributed by atoms with Gasteiger partial charge in [0, 0.05) is 19.6 Å². The number of amides is 1. The van der Waals surface area contributed by atoms with Crippen LogP contribution in [0.1, 0.15) is 23.2 Å². The van der Waals surface area contributed by atoms with Crippen molar-refractivity contribution in [2.24, 2.45) is 5.92 Å². The zero-order valence-electron chi connectivity index (χ0n) is 12.0. The van der Waals surface area contributed by atoms with Crippen molar-refractivity contribution < 1.29 is 15.0 Å². The molecular formula is C15H22N2O3. The summed E-state index contributed by atoms with van der Waals surface area (Å²) < 4.78 is 0. The number of para-hydroxylation sites is 1. The number of carbonyl (C=O) groups is 1. The number of phenols is 2. The molecule has 0 aromatic heterocycles. The summed E-state index contributed by atoms with van der Waals surface area (Å²) in [4.78, 5) is 16.3. The van der Waals surface area contributed by atoms with E-state index in [-0.39, 0.29) is 23.0 Å². The molecule has 1 fully saturated rings. The molecule has 1 heterocycles. The van der Waals surface area contributed by atoms with Gasteiger partial charge in [0.15, 0.2) is 11.5 Å². The zero-order valence-corrected chi connectivity index (χ0v) is 12.0. The van der Waals surface area contributed by atoms with Crippen LogP contribution in [0.4, 0.5) is 0 Å². The van der Waals surface area contributed by atoms with Crippen LogP contribution in [0.2, 0.25) is 0 Å². The maximum atomic E-state index is 12.3. The van der Waals surface area contributed by atoms with Gasteiger partial charge >= 0.3 is 0 Å². The van der Waals surface area contributed by atoms with Gasteiger partial charge in [0.05, 0.1) is 5.56 Å². The minimum absolute atomic E-state index is 0.177. The average molecular weight is 278 g/mol. The summed E-state index contributed by atoms with van der Waals surface area (Å²) in [5.74, 6) is -0.167. The Morgan fingerprint density at radius 2 is 1.95 bits per heavy atom. The van der Waals surface area contributed by atoms with Crippen molar-refractivity contribution in [1.29, 1.82) is 0 Å². The second kappa shape index (κ2) is 6.13. The number of likely N-dealkylation sites (tertiary alicyclic amines) is 1. The largest absolute Gasteiger partial charge is 0.504 e. The number of hydrogen-bond acceptors (Lipinski definition) is 4. The fourth-order valence-electron chi connectivity index (χ4n) is 2.71. The summed E-state index contributed by atoms with van der Waals surface area (Å²) in [6.07, 6.45) is 1.95. The molecule has 0 aliphatic carbocycles. The molecule has 1 aromatic carbocycles. The second-order valence-electron chi connectivity index (χ2n) is 5.67. The third-order valence-corrected chi connectivity index (χ3v) is 3.77. The van der Waals surface area contributed by atoms with E-state index in [1.165, 1.54) is 6.07 Å². The normalized spacial score (nSPS) is 16.6. The van der Waals surface area contributed by atoms with Crippen molar-refractivity contribution in [2.75, 3.05) is 33.7 Å².